The summed E-state index contributed by atoms with van der Waals surface area (Å²) in [5.74, 6) is -0.691. The second kappa shape index (κ2) is 8.53. The molecule has 1 aliphatic rings. The van der Waals surface area contributed by atoms with Crippen molar-refractivity contribution in [2.24, 2.45) is 0 Å². The van der Waals surface area contributed by atoms with Crippen LogP contribution in [-0.2, 0) is 4.79 Å². The summed E-state index contributed by atoms with van der Waals surface area (Å²) in [5.41, 5.74) is 3.49. The topological polar surface area (TPSA) is 73.9 Å². The van der Waals surface area contributed by atoms with E-state index in [4.69, 9.17) is 27.9 Å². The zero-order valence-corrected chi connectivity index (χ0v) is 15.1. The lowest BCUT2D eigenvalue weighted by Gasteiger charge is -2.32. The average molecular weight is 375 g/mol. The fraction of sp³-hybridized carbons (Fsp3) is 0.467. The molecule has 0 saturated carbocycles. The van der Waals surface area contributed by atoms with Gasteiger partial charge in [0, 0.05) is 26.2 Å². The Labute approximate surface area is 150 Å². The van der Waals surface area contributed by atoms with Crippen molar-refractivity contribution in [1.29, 1.82) is 0 Å². The van der Waals surface area contributed by atoms with Gasteiger partial charge in [-0.05, 0) is 19.2 Å². The average Bonchev–Trinajstić information content (AvgIpc) is 2.58. The first kappa shape index (κ1) is 18.8. The van der Waals surface area contributed by atoms with Crippen LogP contribution in [0.15, 0.2) is 12.1 Å². The van der Waals surface area contributed by atoms with E-state index in [1.165, 1.54) is 7.11 Å². The molecule has 2 N–H and O–H groups in total. The molecule has 0 atom stereocenters. The summed E-state index contributed by atoms with van der Waals surface area (Å²) in [4.78, 5) is 26.1. The number of piperazine rings is 1. The molecule has 1 aromatic rings. The summed E-state index contributed by atoms with van der Waals surface area (Å²) in [7, 11) is 3.46. The number of ether oxygens (including phenoxy) is 1. The van der Waals surface area contributed by atoms with Gasteiger partial charge in [0.15, 0.2) is 5.75 Å². The SMILES string of the molecule is COc1c(C(=O)NN2CCN(C)CC2)ccc(NC(=O)CCl)c1Cl. The predicted octanol–water partition coefficient (Wildman–Crippen LogP) is 1.42. The van der Waals surface area contributed by atoms with Crippen LogP contribution in [0.1, 0.15) is 10.4 Å². The minimum Gasteiger partial charge on any atom is -0.494 e. The van der Waals surface area contributed by atoms with Crippen molar-refractivity contribution < 1.29 is 14.3 Å². The Morgan fingerprint density at radius 2 is 1.92 bits per heavy atom. The van der Waals surface area contributed by atoms with Crippen LogP contribution in [-0.4, -0.2) is 67.9 Å². The Morgan fingerprint density at radius 3 is 2.50 bits per heavy atom. The molecule has 1 aliphatic heterocycles. The smallest absolute Gasteiger partial charge is 0.269 e. The molecule has 2 rings (SSSR count). The number of hydrogen-bond acceptors (Lipinski definition) is 5. The van der Waals surface area contributed by atoms with Gasteiger partial charge in [0.2, 0.25) is 5.91 Å². The van der Waals surface area contributed by atoms with Gasteiger partial charge in [0.25, 0.3) is 5.91 Å². The van der Waals surface area contributed by atoms with Crippen molar-refractivity contribution in [2.45, 2.75) is 0 Å². The molecule has 0 radical (unpaired) electrons. The Kier molecular flexibility index (Phi) is 6.68. The molecule has 0 spiro atoms. The normalized spacial score (nSPS) is 15.8. The van der Waals surface area contributed by atoms with Gasteiger partial charge in [-0.2, -0.15) is 0 Å². The predicted molar refractivity (Wildman–Crippen MR) is 93.9 cm³/mol. The fourth-order valence-corrected chi connectivity index (χ4v) is 2.69. The number of amides is 2. The number of rotatable bonds is 5. The standard InChI is InChI=1S/C15H20Cl2N4O3/c1-20-5-7-21(8-6-20)19-15(23)10-3-4-11(18-12(22)9-16)13(17)14(10)24-2/h3-4H,5-9H2,1-2H3,(H,18,22)(H,19,23). The van der Waals surface area contributed by atoms with Gasteiger partial charge in [-0.25, -0.2) is 5.01 Å². The van der Waals surface area contributed by atoms with Crippen molar-refractivity contribution in [3.63, 3.8) is 0 Å². The highest BCUT2D eigenvalue weighted by Crippen LogP contribution is 2.35. The summed E-state index contributed by atoms with van der Waals surface area (Å²) in [6.45, 7) is 3.23. The molecule has 1 aromatic carbocycles. The summed E-state index contributed by atoms with van der Waals surface area (Å²) in [6, 6.07) is 3.11. The molecule has 1 heterocycles. The van der Waals surface area contributed by atoms with Crippen molar-refractivity contribution in [2.75, 3.05) is 51.5 Å². The number of alkyl halides is 1. The number of likely N-dealkylation sites (N-methyl/N-ethyl adjacent to an activating group) is 1. The summed E-state index contributed by atoms with van der Waals surface area (Å²) in [5, 5.41) is 4.57. The molecule has 1 fully saturated rings. The molecule has 132 valence electrons. The van der Waals surface area contributed by atoms with E-state index in [1.807, 2.05) is 12.1 Å². The molecule has 2 amide bonds. The van der Waals surface area contributed by atoms with Gasteiger partial charge in [-0.15, -0.1) is 11.6 Å². The highest BCUT2D eigenvalue weighted by Gasteiger charge is 2.22. The van der Waals surface area contributed by atoms with Gasteiger partial charge in [-0.3, -0.25) is 15.0 Å². The first-order valence-corrected chi connectivity index (χ1v) is 8.34. The number of carbonyl (C=O) groups is 2. The van der Waals surface area contributed by atoms with Gasteiger partial charge >= 0.3 is 0 Å². The maximum atomic E-state index is 12.5. The van der Waals surface area contributed by atoms with Gasteiger partial charge < -0.3 is 15.0 Å². The van der Waals surface area contributed by atoms with Gasteiger partial charge in [-0.1, -0.05) is 11.6 Å². The van der Waals surface area contributed by atoms with Crippen LogP contribution in [0.2, 0.25) is 5.02 Å². The van der Waals surface area contributed by atoms with E-state index < -0.39 is 5.91 Å². The molecular formula is C15H20Cl2N4O3. The lowest BCUT2D eigenvalue weighted by Crippen LogP contribution is -2.52. The minimum absolute atomic E-state index is 0.155. The third-order valence-corrected chi connectivity index (χ3v) is 4.32. The summed E-state index contributed by atoms with van der Waals surface area (Å²) < 4.78 is 5.26. The maximum absolute atomic E-state index is 12.5. The molecule has 9 heteroatoms. The Morgan fingerprint density at radius 1 is 1.25 bits per heavy atom. The van der Waals surface area contributed by atoms with Crippen LogP contribution in [0, 0.1) is 0 Å². The lowest BCUT2D eigenvalue weighted by atomic mass is 10.1. The molecule has 24 heavy (non-hydrogen) atoms. The quantitative estimate of drug-likeness (QED) is 0.762. The van der Waals surface area contributed by atoms with Gasteiger partial charge in [0.1, 0.15) is 10.9 Å². The number of carbonyl (C=O) groups excluding carboxylic acids is 2. The van der Waals surface area contributed by atoms with Crippen LogP contribution in [0.3, 0.4) is 0 Å². The molecular weight excluding hydrogens is 355 g/mol. The van der Waals surface area contributed by atoms with E-state index in [2.05, 4.69) is 15.6 Å². The fourth-order valence-electron chi connectivity index (χ4n) is 2.34. The number of halogens is 2. The Hall–Kier alpha value is -1.54. The second-order valence-corrected chi connectivity index (χ2v) is 6.07. The zero-order valence-electron chi connectivity index (χ0n) is 13.6. The first-order valence-electron chi connectivity index (χ1n) is 7.43. The number of hydrazine groups is 1. The van der Waals surface area contributed by atoms with Gasteiger partial charge in [0.05, 0.1) is 18.4 Å². The monoisotopic (exact) mass is 374 g/mol. The van der Waals surface area contributed by atoms with E-state index in [-0.39, 0.29) is 22.6 Å². The molecule has 0 aliphatic carbocycles. The van der Waals surface area contributed by atoms with Crippen LogP contribution >= 0.6 is 23.2 Å². The van der Waals surface area contributed by atoms with E-state index >= 15 is 0 Å². The summed E-state index contributed by atoms with van der Waals surface area (Å²) >= 11 is 11.7. The number of nitrogens with one attached hydrogen (secondary N) is 2. The number of methoxy groups -OCH3 is 1. The van der Waals surface area contributed by atoms with E-state index in [1.54, 1.807) is 12.1 Å². The lowest BCUT2D eigenvalue weighted by molar-refractivity contribution is -0.113. The molecule has 1 saturated heterocycles. The largest absolute Gasteiger partial charge is 0.494 e. The van der Waals surface area contributed by atoms with Crippen LogP contribution in [0.4, 0.5) is 5.69 Å². The van der Waals surface area contributed by atoms with E-state index in [0.29, 0.717) is 11.3 Å². The second-order valence-electron chi connectivity index (χ2n) is 5.42. The third kappa shape index (κ3) is 4.51. The molecule has 0 unspecified atom stereocenters. The maximum Gasteiger partial charge on any atom is 0.269 e. The van der Waals surface area contributed by atoms with Crippen molar-refractivity contribution in [3.8, 4) is 5.75 Å². The molecule has 7 nitrogen and oxygen atoms in total. The van der Waals surface area contributed by atoms with Crippen LogP contribution < -0.4 is 15.5 Å². The highest BCUT2D eigenvalue weighted by molar-refractivity contribution is 6.36. The van der Waals surface area contributed by atoms with Crippen molar-refractivity contribution in [1.82, 2.24) is 15.3 Å². The highest BCUT2D eigenvalue weighted by atomic mass is 35.5. The number of anilines is 1. The van der Waals surface area contributed by atoms with Crippen molar-refractivity contribution in [3.05, 3.63) is 22.7 Å². The van der Waals surface area contributed by atoms with E-state index in [9.17, 15) is 9.59 Å². The number of benzene rings is 1. The van der Waals surface area contributed by atoms with E-state index in [0.717, 1.165) is 26.2 Å². The minimum atomic E-state index is -0.393. The Balaban J connectivity index is 2.15. The molecule has 0 bridgehead atoms. The number of nitrogens with zero attached hydrogens (tertiary/aromatic N) is 2. The van der Waals surface area contributed by atoms with Crippen molar-refractivity contribution >= 4 is 40.7 Å². The van der Waals surface area contributed by atoms with Crippen LogP contribution in [0.25, 0.3) is 0 Å². The first-order chi connectivity index (χ1) is 11.5. The zero-order chi connectivity index (χ0) is 17.7. The summed E-state index contributed by atoms with van der Waals surface area (Å²) in [6.07, 6.45) is 0. The third-order valence-electron chi connectivity index (χ3n) is 3.70. The molecule has 0 aromatic heterocycles. The Bertz CT molecular complexity index is 619. The number of hydrogen-bond donors (Lipinski definition) is 2. The van der Waals surface area contributed by atoms with Crippen LogP contribution in [0.5, 0.6) is 5.75 Å².